The lowest BCUT2D eigenvalue weighted by Crippen LogP contribution is -2.51. The van der Waals surface area contributed by atoms with Crippen molar-refractivity contribution in [2.75, 3.05) is 13.2 Å². The van der Waals surface area contributed by atoms with Crippen LogP contribution >= 0.6 is 0 Å². The Morgan fingerprint density at radius 3 is 2.34 bits per heavy atom. The molecule has 0 spiro atoms. The Kier molecular flexibility index (Phi) is 9.41. The third kappa shape index (κ3) is 7.41. The van der Waals surface area contributed by atoms with E-state index >= 15 is 0 Å². The van der Waals surface area contributed by atoms with E-state index in [4.69, 9.17) is 4.74 Å². The van der Waals surface area contributed by atoms with Crippen molar-refractivity contribution in [3.8, 4) is 5.75 Å². The predicted molar refractivity (Wildman–Crippen MR) is 136 cm³/mol. The summed E-state index contributed by atoms with van der Waals surface area (Å²) in [6, 6.07) is 20.5. The number of nitrogens with one attached hydrogen (secondary N) is 1. The molecule has 184 valence electrons. The van der Waals surface area contributed by atoms with E-state index in [1.54, 1.807) is 12.1 Å². The van der Waals surface area contributed by atoms with Gasteiger partial charge in [-0.2, -0.15) is 0 Å². The van der Waals surface area contributed by atoms with Crippen LogP contribution in [0.4, 0.5) is 4.39 Å². The molecule has 0 saturated heterocycles. The summed E-state index contributed by atoms with van der Waals surface area (Å²) in [6.45, 7) is 6.37. The zero-order valence-corrected chi connectivity index (χ0v) is 20.6. The normalized spacial score (nSPS) is 11.5. The van der Waals surface area contributed by atoms with Crippen molar-refractivity contribution in [2.24, 2.45) is 0 Å². The van der Waals surface area contributed by atoms with E-state index in [-0.39, 0.29) is 30.8 Å². The van der Waals surface area contributed by atoms with E-state index in [2.05, 4.69) is 5.32 Å². The molecule has 0 aliphatic heterocycles. The molecule has 2 amide bonds. The maximum Gasteiger partial charge on any atom is 0.261 e. The smallest absolute Gasteiger partial charge is 0.261 e. The van der Waals surface area contributed by atoms with Crippen LogP contribution in [0.15, 0.2) is 72.8 Å². The van der Waals surface area contributed by atoms with Crippen molar-refractivity contribution in [1.82, 2.24) is 10.2 Å². The Labute approximate surface area is 206 Å². The number of halogens is 1. The van der Waals surface area contributed by atoms with Crippen molar-refractivity contribution < 1.29 is 18.7 Å². The lowest BCUT2D eigenvalue weighted by atomic mass is 10.0. The second-order valence-corrected chi connectivity index (χ2v) is 8.63. The summed E-state index contributed by atoms with van der Waals surface area (Å²) in [5, 5.41) is 2.94. The van der Waals surface area contributed by atoms with Crippen LogP contribution in [0.5, 0.6) is 5.75 Å². The Hall–Kier alpha value is -3.67. The summed E-state index contributed by atoms with van der Waals surface area (Å²) in [7, 11) is 0. The number of benzene rings is 3. The van der Waals surface area contributed by atoms with Gasteiger partial charge >= 0.3 is 0 Å². The summed E-state index contributed by atoms with van der Waals surface area (Å²) in [5.41, 5.74) is 3.70. The fourth-order valence-corrected chi connectivity index (χ4v) is 3.81. The Bertz CT molecular complexity index is 1120. The number of nitrogens with zero attached hydrogens (tertiary/aromatic N) is 1. The van der Waals surface area contributed by atoms with Gasteiger partial charge in [0.2, 0.25) is 5.91 Å². The second kappa shape index (κ2) is 12.7. The molecule has 0 aliphatic rings. The quantitative estimate of drug-likeness (QED) is 0.424. The first-order chi connectivity index (χ1) is 16.9. The summed E-state index contributed by atoms with van der Waals surface area (Å²) < 4.78 is 19.4. The van der Waals surface area contributed by atoms with Crippen LogP contribution in [0.2, 0.25) is 0 Å². The standard InChI is InChI=1S/C29H33FN2O3/c1-4-17-31-29(34)26(18-23-10-6-5-7-11-23)32(19-24-13-15-25(30)16-14-24)28(33)20-35-27-12-8-9-21(2)22(27)3/h5-16,26H,4,17-20H2,1-3H3,(H,31,34)/t26-/m1/s1. The van der Waals surface area contributed by atoms with Gasteiger partial charge in [-0.3, -0.25) is 9.59 Å². The van der Waals surface area contributed by atoms with Gasteiger partial charge in [0.05, 0.1) is 0 Å². The highest BCUT2D eigenvalue weighted by Gasteiger charge is 2.30. The molecule has 3 aromatic rings. The number of carbonyl (C=O) groups is 2. The average molecular weight is 477 g/mol. The van der Waals surface area contributed by atoms with E-state index < -0.39 is 6.04 Å². The number of amides is 2. The molecule has 1 atom stereocenters. The molecule has 0 heterocycles. The Morgan fingerprint density at radius 2 is 1.66 bits per heavy atom. The predicted octanol–water partition coefficient (Wildman–Crippen LogP) is 4.99. The van der Waals surface area contributed by atoms with Crippen molar-refractivity contribution in [3.05, 3.63) is 101 Å². The number of carbonyl (C=O) groups excluding carboxylic acids is 2. The minimum absolute atomic E-state index is 0.159. The van der Waals surface area contributed by atoms with Crippen molar-refractivity contribution in [1.29, 1.82) is 0 Å². The van der Waals surface area contributed by atoms with Crippen LogP contribution in [0.3, 0.4) is 0 Å². The molecule has 0 unspecified atom stereocenters. The van der Waals surface area contributed by atoms with Crippen LogP contribution in [-0.4, -0.2) is 35.9 Å². The first-order valence-corrected chi connectivity index (χ1v) is 11.9. The molecule has 0 radical (unpaired) electrons. The van der Waals surface area contributed by atoms with Crippen LogP contribution in [-0.2, 0) is 22.6 Å². The van der Waals surface area contributed by atoms with Gasteiger partial charge < -0.3 is 15.0 Å². The summed E-state index contributed by atoms with van der Waals surface area (Å²) in [6.07, 6.45) is 1.14. The third-order valence-electron chi connectivity index (χ3n) is 5.99. The molecular weight excluding hydrogens is 443 g/mol. The molecule has 0 aromatic heterocycles. The molecule has 35 heavy (non-hydrogen) atoms. The van der Waals surface area contributed by atoms with Gasteiger partial charge in [0.15, 0.2) is 6.61 Å². The first-order valence-electron chi connectivity index (χ1n) is 11.9. The molecule has 0 bridgehead atoms. The summed E-state index contributed by atoms with van der Waals surface area (Å²) in [4.78, 5) is 28.3. The Morgan fingerprint density at radius 1 is 0.943 bits per heavy atom. The highest BCUT2D eigenvalue weighted by atomic mass is 19.1. The highest BCUT2D eigenvalue weighted by Crippen LogP contribution is 2.21. The minimum atomic E-state index is -0.747. The van der Waals surface area contributed by atoms with Gasteiger partial charge in [0.1, 0.15) is 17.6 Å². The first kappa shape index (κ1) is 25.9. The van der Waals surface area contributed by atoms with Gasteiger partial charge in [-0.25, -0.2) is 4.39 Å². The van der Waals surface area contributed by atoms with E-state index in [0.717, 1.165) is 28.7 Å². The molecule has 0 aliphatic carbocycles. The van der Waals surface area contributed by atoms with Gasteiger partial charge in [-0.05, 0) is 60.7 Å². The lowest BCUT2D eigenvalue weighted by Gasteiger charge is -2.31. The fourth-order valence-electron chi connectivity index (χ4n) is 3.81. The highest BCUT2D eigenvalue weighted by molar-refractivity contribution is 5.88. The molecule has 0 saturated carbocycles. The molecule has 5 nitrogen and oxygen atoms in total. The van der Waals surface area contributed by atoms with Gasteiger partial charge in [0.25, 0.3) is 5.91 Å². The number of rotatable bonds is 11. The summed E-state index contributed by atoms with van der Waals surface area (Å²) >= 11 is 0. The molecule has 3 rings (SSSR count). The molecular formula is C29H33FN2O3. The SMILES string of the molecule is CCCNC(=O)[C@@H](Cc1ccccc1)N(Cc1ccc(F)cc1)C(=O)COc1cccc(C)c1C. The van der Waals surface area contributed by atoms with Gasteiger partial charge in [-0.1, -0.05) is 61.5 Å². The number of ether oxygens (including phenoxy) is 1. The van der Waals surface area contributed by atoms with Crippen molar-refractivity contribution in [3.63, 3.8) is 0 Å². The number of hydrogen-bond donors (Lipinski definition) is 1. The molecule has 1 N–H and O–H groups in total. The van der Waals surface area contributed by atoms with E-state index in [9.17, 15) is 14.0 Å². The lowest BCUT2D eigenvalue weighted by molar-refractivity contribution is -0.142. The average Bonchev–Trinajstić information content (AvgIpc) is 2.87. The van der Waals surface area contributed by atoms with E-state index in [1.807, 2.05) is 69.3 Å². The van der Waals surface area contributed by atoms with Gasteiger partial charge in [-0.15, -0.1) is 0 Å². The van der Waals surface area contributed by atoms with Crippen molar-refractivity contribution >= 4 is 11.8 Å². The zero-order chi connectivity index (χ0) is 25.2. The monoisotopic (exact) mass is 476 g/mol. The second-order valence-electron chi connectivity index (χ2n) is 8.63. The van der Waals surface area contributed by atoms with Crippen LogP contribution in [0, 0.1) is 19.7 Å². The van der Waals surface area contributed by atoms with E-state index in [1.165, 1.54) is 17.0 Å². The molecule has 0 fully saturated rings. The number of hydrogen-bond acceptors (Lipinski definition) is 3. The Balaban J connectivity index is 1.90. The molecule has 6 heteroatoms. The maximum atomic E-state index is 13.5. The third-order valence-corrected chi connectivity index (χ3v) is 5.99. The topological polar surface area (TPSA) is 58.6 Å². The van der Waals surface area contributed by atoms with Crippen LogP contribution in [0.1, 0.15) is 35.6 Å². The van der Waals surface area contributed by atoms with Crippen molar-refractivity contribution in [2.45, 2.75) is 46.2 Å². The minimum Gasteiger partial charge on any atom is -0.483 e. The van der Waals surface area contributed by atoms with Gasteiger partial charge in [0, 0.05) is 19.5 Å². The van der Waals surface area contributed by atoms with Crippen LogP contribution < -0.4 is 10.1 Å². The number of aryl methyl sites for hydroxylation is 1. The maximum absolute atomic E-state index is 13.5. The largest absolute Gasteiger partial charge is 0.483 e. The molecule has 3 aromatic carbocycles. The fraction of sp³-hybridized carbons (Fsp3) is 0.310. The zero-order valence-electron chi connectivity index (χ0n) is 20.6. The summed E-state index contributed by atoms with van der Waals surface area (Å²) in [5.74, 6) is -0.262. The van der Waals surface area contributed by atoms with Crippen LogP contribution in [0.25, 0.3) is 0 Å². The van der Waals surface area contributed by atoms with E-state index in [0.29, 0.717) is 18.7 Å².